The molecule has 0 aliphatic carbocycles. The Bertz CT molecular complexity index is 800. The molecule has 0 atom stereocenters. The molecule has 2 aromatic heterocycles. The number of H-pyrrole nitrogens is 3. The van der Waals surface area contributed by atoms with E-state index in [1.54, 1.807) is 12.4 Å². The van der Waals surface area contributed by atoms with E-state index >= 15 is 0 Å². The van der Waals surface area contributed by atoms with Crippen LogP contribution in [0.5, 0.6) is 0 Å². The van der Waals surface area contributed by atoms with Crippen molar-refractivity contribution in [3.8, 4) is 0 Å². The van der Waals surface area contributed by atoms with Gasteiger partial charge in [0, 0.05) is 19.2 Å². The monoisotopic (exact) mass is 285 g/mol. The molecule has 3 rings (SSSR count). The Morgan fingerprint density at radius 2 is 2.05 bits per heavy atom. The fraction of sp³-hybridized carbons (Fsp3) is 0.214. The van der Waals surface area contributed by atoms with E-state index in [2.05, 4.69) is 25.5 Å². The Morgan fingerprint density at radius 1 is 1.19 bits per heavy atom. The quantitative estimate of drug-likeness (QED) is 0.557. The number of imidazole rings is 1. The summed E-state index contributed by atoms with van der Waals surface area (Å²) >= 11 is 0. The van der Waals surface area contributed by atoms with Gasteiger partial charge in [0.15, 0.2) is 0 Å². The van der Waals surface area contributed by atoms with Crippen LogP contribution in [0.3, 0.4) is 0 Å². The first-order chi connectivity index (χ1) is 10.2. The van der Waals surface area contributed by atoms with E-state index in [4.69, 9.17) is 0 Å². The summed E-state index contributed by atoms with van der Waals surface area (Å²) in [4.78, 5) is 28.3. The van der Waals surface area contributed by atoms with E-state index in [1.165, 1.54) is 0 Å². The number of nitrogens with one attached hydrogen (secondary N) is 4. The predicted molar refractivity (Wildman–Crippen MR) is 77.7 cm³/mol. The molecule has 2 heterocycles. The van der Waals surface area contributed by atoms with Gasteiger partial charge >= 0.3 is 5.69 Å². The van der Waals surface area contributed by atoms with E-state index in [0.29, 0.717) is 19.4 Å². The molecule has 0 saturated heterocycles. The standard InChI is InChI=1S/C14H15N5O2/c20-13(4-2-10-7-16-17-8-10)15-6-9-1-3-11-12(5-9)19-14(21)18-11/h1,3,5,7-8H,2,4,6H2,(H,15,20)(H,16,17)(H2,18,19,21). The Kier molecular flexibility index (Phi) is 3.55. The van der Waals surface area contributed by atoms with Crippen LogP contribution in [-0.4, -0.2) is 26.1 Å². The largest absolute Gasteiger partial charge is 0.352 e. The van der Waals surface area contributed by atoms with Crippen molar-refractivity contribution in [3.05, 3.63) is 52.2 Å². The molecular weight excluding hydrogens is 270 g/mol. The number of aryl methyl sites for hydroxylation is 1. The van der Waals surface area contributed by atoms with Gasteiger partial charge in [-0.1, -0.05) is 6.07 Å². The van der Waals surface area contributed by atoms with Gasteiger partial charge < -0.3 is 15.3 Å². The third-order valence-electron chi connectivity index (χ3n) is 3.27. The summed E-state index contributed by atoms with van der Waals surface area (Å²) in [6.45, 7) is 0.438. The third-order valence-corrected chi connectivity index (χ3v) is 3.27. The second-order valence-electron chi connectivity index (χ2n) is 4.84. The maximum Gasteiger partial charge on any atom is 0.323 e. The highest BCUT2D eigenvalue weighted by Crippen LogP contribution is 2.10. The van der Waals surface area contributed by atoms with Gasteiger partial charge in [-0.3, -0.25) is 9.89 Å². The van der Waals surface area contributed by atoms with Gasteiger partial charge in [0.25, 0.3) is 0 Å². The molecule has 0 unspecified atom stereocenters. The maximum atomic E-state index is 11.8. The summed E-state index contributed by atoms with van der Waals surface area (Å²) in [5.74, 6) is -0.0149. The molecule has 4 N–H and O–H groups in total. The van der Waals surface area contributed by atoms with Gasteiger partial charge in [-0.25, -0.2) is 4.79 Å². The lowest BCUT2D eigenvalue weighted by atomic mass is 10.1. The highest BCUT2D eigenvalue weighted by Gasteiger charge is 2.04. The van der Waals surface area contributed by atoms with Crippen LogP contribution in [0.25, 0.3) is 11.0 Å². The molecule has 0 spiro atoms. The van der Waals surface area contributed by atoms with Crippen molar-refractivity contribution in [2.45, 2.75) is 19.4 Å². The average molecular weight is 285 g/mol. The van der Waals surface area contributed by atoms with Gasteiger partial charge in [0.2, 0.25) is 5.91 Å². The van der Waals surface area contributed by atoms with Crippen LogP contribution >= 0.6 is 0 Å². The number of fused-ring (bicyclic) bond motifs is 1. The average Bonchev–Trinajstić information content (AvgIpc) is 3.10. The molecule has 1 amide bonds. The second kappa shape index (κ2) is 5.66. The Balaban J connectivity index is 1.55. The third kappa shape index (κ3) is 3.19. The summed E-state index contributed by atoms with van der Waals surface area (Å²) < 4.78 is 0. The van der Waals surface area contributed by atoms with E-state index in [9.17, 15) is 9.59 Å². The summed E-state index contributed by atoms with van der Waals surface area (Å²) in [5.41, 5.74) is 3.22. The highest BCUT2D eigenvalue weighted by molar-refractivity contribution is 5.77. The molecule has 0 radical (unpaired) electrons. The van der Waals surface area contributed by atoms with Crippen molar-refractivity contribution in [3.63, 3.8) is 0 Å². The normalized spacial score (nSPS) is 10.9. The highest BCUT2D eigenvalue weighted by atomic mass is 16.1. The summed E-state index contributed by atoms with van der Waals surface area (Å²) in [7, 11) is 0. The molecule has 0 saturated carbocycles. The van der Waals surface area contributed by atoms with Crippen molar-refractivity contribution >= 4 is 16.9 Å². The minimum absolute atomic E-state index is 0.0149. The van der Waals surface area contributed by atoms with E-state index in [1.807, 2.05) is 18.2 Å². The minimum Gasteiger partial charge on any atom is -0.352 e. The molecular formula is C14H15N5O2. The molecule has 21 heavy (non-hydrogen) atoms. The van der Waals surface area contributed by atoms with Crippen molar-refractivity contribution in [1.82, 2.24) is 25.5 Å². The number of carbonyl (C=O) groups is 1. The summed E-state index contributed by atoms with van der Waals surface area (Å²) in [6, 6.07) is 5.55. The van der Waals surface area contributed by atoms with Gasteiger partial charge in [0.05, 0.1) is 17.2 Å². The number of carbonyl (C=O) groups excluding carboxylic acids is 1. The fourth-order valence-electron chi connectivity index (χ4n) is 2.15. The first-order valence-electron chi connectivity index (χ1n) is 6.66. The lowest BCUT2D eigenvalue weighted by Crippen LogP contribution is -2.22. The second-order valence-corrected chi connectivity index (χ2v) is 4.84. The van der Waals surface area contributed by atoms with Crippen LogP contribution in [0, 0.1) is 0 Å². The molecule has 7 nitrogen and oxygen atoms in total. The van der Waals surface area contributed by atoms with Crippen LogP contribution in [0.4, 0.5) is 0 Å². The number of aromatic amines is 3. The van der Waals surface area contributed by atoms with E-state index < -0.39 is 0 Å². The number of benzene rings is 1. The van der Waals surface area contributed by atoms with Crippen molar-refractivity contribution in [2.75, 3.05) is 0 Å². The smallest absolute Gasteiger partial charge is 0.323 e. The topological polar surface area (TPSA) is 106 Å². The zero-order valence-corrected chi connectivity index (χ0v) is 11.3. The molecule has 0 aliphatic rings. The van der Waals surface area contributed by atoms with Crippen LogP contribution in [0.1, 0.15) is 17.5 Å². The van der Waals surface area contributed by atoms with Crippen molar-refractivity contribution in [2.24, 2.45) is 0 Å². The first kappa shape index (κ1) is 13.2. The van der Waals surface area contributed by atoms with Gasteiger partial charge in [-0.15, -0.1) is 0 Å². The SMILES string of the molecule is O=C(CCc1cn[nH]c1)NCc1ccc2[nH]c(=O)[nH]c2c1. The molecule has 0 aliphatic heterocycles. The summed E-state index contributed by atoms with van der Waals surface area (Å²) in [5, 5.41) is 9.41. The van der Waals surface area contributed by atoms with Crippen molar-refractivity contribution in [1.29, 1.82) is 0 Å². The van der Waals surface area contributed by atoms with Crippen molar-refractivity contribution < 1.29 is 4.79 Å². The Labute approximate surface area is 119 Å². The van der Waals surface area contributed by atoms with Gasteiger partial charge in [0.1, 0.15) is 0 Å². The zero-order chi connectivity index (χ0) is 14.7. The number of rotatable bonds is 5. The predicted octanol–water partition coefficient (Wildman–Crippen LogP) is 0.828. The number of nitrogens with zero attached hydrogens (tertiary/aromatic N) is 1. The Morgan fingerprint density at radius 3 is 2.86 bits per heavy atom. The van der Waals surface area contributed by atoms with E-state index in [-0.39, 0.29) is 11.6 Å². The number of hydrogen-bond donors (Lipinski definition) is 4. The minimum atomic E-state index is -0.230. The first-order valence-corrected chi connectivity index (χ1v) is 6.66. The summed E-state index contributed by atoms with van der Waals surface area (Å²) in [6.07, 6.45) is 4.57. The molecule has 0 fully saturated rings. The maximum absolute atomic E-state index is 11.8. The molecule has 0 bridgehead atoms. The van der Waals surface area contributed by atoms with Crippen LogP contribution < -0.4 is 11.0 Å². The Hall–Kier alpha value is -2.83. The molecule has 108 valence electrons. The van der Waals surface area contributed by atoms with Crippen LogP contribution in [0.2, 0.25) is 0 Å². The van der Waals surface area contributed by atoms with Gasteiger partial charge in [-0.2, -0.15) is 5.10 Å². The lowest BCUT2D eigenvalue weighted by Gasteiger charge is -2.05. The lowest BCUT2D eigenvalue weighted by molar-refractivity contribution is -0.121. The molecule has 1 aromatic carbocycles. The van der Waals surface area contributed by atoms with Crippen LogP contribution in [0.15, 0.2) is 35.4 Å². The number of aromatic nitrogens is 4. The number of amides is 1. The number of hydrogen-bond acceptors (Lipinski definition) is 3. The fourth-order valence-corrected chi connectivity index (χ4v) is 2.15. The van der Waals surface area contributed by atoms with Crippen LogP contribution in [-0.2, 0) is 17.8 Å². The molecule has 3 aromatic rings. The zero-order valence-electron chi connectivity index (χ0n) is 11.3. The molecule has 7 heteroatoms. The van der Waals surface area contributed by atoms with Gasteiger partial charge in [-0.05, 0) is 29.7 Å². The van der Waals surface area contributed by atoms with E-state index in [0.717, 1.165) is 22.2 Å².